The number of aryl methyl sites for hydroxylation is 1. The van der Waals surface area contributed by atoms with E-state index in [9.17, 15) is 0 Å². The van der Waals surface area contributed by atoms with Crippen molar-refractivity contribution in [2.45, 2.75) is 33.6 Å². The quantitative estimate of drug-likeness (QED) is 0.750. The molecule has 1 N–H and O–H groups in total. The highest BCUT2D eigenvalue weighted by Gasteiger charge is 2.07. The van der Waals surface area contributed by atoms with Gasteiger partial charge < -0.3 is 5.32 Å². The minimum absolute atomic E-state index is 0.575. The van der Waals surface area contributed by atoms with Crippen molar-refractivity contribution >= 4 is 5.69 Å². The zero-order chi connectivity index (χ0) is 11.3. The molecule has 0 heterocycles. The van der Waals surface area contributed by atoms with E-state index in [-0.39, 0.29) is 0 Å². The van der Waals surface area contributed by atoms with Gasteiger partial charge in [-0.2, -0.15) is 0 Å². The molecule has 1 aromatic carbocycles. The summed E-state index contributed by atoms with van der Waals surface area (Å²) in [7, 11) is 0. The lowest BCUT2D eigenvalue weighted by Crippen LogP contribution is -2.09. The average Bonchev–Trinajstić information content (AvgIpc) is 2.23. The first-order valence-corrected chi connectivity index (χ1v) is 5.69. The first-order chi connectivity index (χ1) is 7.17. The van der Waals surface area contributed by atoms with Gasteiger partial charge in [0.2, 0.25) is 0 Å². The molecule has 0 bridgehead atoms. The Bertz CT molecular complexity index is 307. The van der Waals surface area contributed by atoms with Crippen LogP contribution in [0.1, 0.15) is 32.3 Å². The number of benzene rings is 1. The fourth-order valence-corrected chi connectivity index (χ4v) is 1.71. The Kier molecular flexibility index (Phi) is 4.41. The van der Waals surface area contributed by atoms with Crippen LogP contribution in [0.2, 0.25) is 0 Å². The normalized spacial score (nSPS) is 10.4. The summed E-state index contributed by atoms with van der Waals surface area (Å²) in [5.41, 5.74) is 3.55. The van der Waals surface area contributed by atoms with Gasteiger partial charge in [0.25, 0.3) is 0 Å². The van der Waals surface area contributed by atoms with Crippen LogP contribution in [0.5, 0.6) is 0 Å². The van der Waals surface area contributed by atoms with Crippen LogP contribution in [-0.4, -0.2) is 0 Å². The molecule has 0 saturated carbocycles. The van der Waals surface area contributed by atoms with E-state index in [0.717, 1.165) is 24.2 Å². The van der Waals surface area contributed by atoms with Gasteiger partial charge in [0.05, 0.1) is 0 Å². The Hall–Kier alpha value is -1.24. The Morgan fingerprint density at radius 3 is 2.20 bits per heavy atom. The van der Waals surface area contributed by atoms with Crippen LogP contribution in [0.25, 0.3) is 0 Å². The third kappa shape index (κ3) is 3.43. The predicted octanol–water partition coefficient (Wildman–Crippen LogP) is 4.36. The van der Waals surface area contributed by atoms with Crippen molar-refractivity contribution in [1.29, 1.82) is 0 Å². The topological polar surface area (TPSA) is 12.0 Å². The van der Waals surface area contributed by atoms with E-state index in [1.165, 1.54) is 5.56 Å². The van der Waals surface area contributed by atoms with Crippen molar-refractivity contribution in [1.82, 2.24) is 0 Å². The second-order valence-corrected chi connectivity index (χ2v) is 4.03. The molecule has 0 atom stereocenters. The number of hydrogen-bond donors (Lipinski definition) is 1. The lowest BCUT2D eigenvalue weighted by molar-refractivity contribution is 0.577. The summed E-state index contributed by atoms with van der Waals surface area (Å²) < 4.78 is 0. The number of rotatable bonds is 5. The van der Waals surface area contributed by atoms with Crippen LogP contribution in [0.4, 0.5) is 5.69 Å². The fourth-order valence-electron chi connectivity index (χ4n) is 1.71. The van der Waals surface area contributed by atoms with Crippen molar-refractivity contribution < 1.29 is 0 Å². The predicted molar refractivity (Wildman–Crippen MR) is 68.0 cm³/mol. The highest BCUT2D eigenvalue weighted by Crippen LogP contribution is 2.20. The molecule has 1 aromatic rings. The number of anilines is 1. The van der Waals surface area contributed by atoms with E-state index in [1.54, 1.807) is 0 Å². The highest BCUT2D eigenvalue weighted by atomic mass is 14.9. The summed E-state index contributed by atoms with van der Waals surface area (Å²) in [4.78, 5) is 0. The van der Waals surface area contributed by atoms with E-state index < -0.39 is 0 Å². The zero-order valence-corrected chi connectivity index (χ0v) is 10.0. The van der Waals surface area contributed by atoms with E-state index in [4.69, 9.17) is 0 Å². The van der Waals surface area contributed by atoms with Crippen LogP contribution in [0.3, 0.4) is 0 Å². The molecule has 0 aliphatic rings. The summed E-state index contributed by atoms with van der Waals surface area (Å²) in [6.07, 6.45) is 2.29. The lowest BCUT2D eigenvalue weighted by Gasteiger charge is -2.17. The number of nitrogens with one attached hydrogen (secondary N) is 1. The molecule has 0 spiro atoms. The Morgan fingerprint density at radius 2 is 1.73 bits per heavy atom. The molecule has 0 aromatic heterocycles. The first-order valence-electron chi connectivity index (χ1n) is 5.69. The third-order valence-electron chi connectivity index (χ3n) is 2.83. The molecule has 0 amide bonds. The summed E-state index contributed by atoms with van der Waals surface area (Å²) >= 11 is 0. The van der Waals surface area contributed by atoms with Gasteiger partial charge in [0.15, 0.2) is 0 Å². The Labute approximate surface area is 93.2 Å². The Balaban J connectivity index is 2.61. The maximum atomic E-state index is 4.10. The monoisotopic (exact) mass is 203 g/mol. The van der Waals surface area contributed by atoms with E-state index in [0.29, 0.717) is 5.92 Å². The molecule has 1 rings (SSSR count). The SMILES string of the molecule is C=C(Nc1ccc(C)cc1)C(CC)CC. The molecular weight excluding hydrogens is 182 g/mol. The van der Waals surface area contributed by atoms with Crippen molar-refractivity contribution in [3.05, 3.63) is 42.1 Å². The number of hydrogen-bond acceptors (Lipinski definition) is 1. The van der Waals surface area contributed by atoms with Gasteiger partial charge in [-0.3, -0.25) is 0 Å². The summed E-state index contributed by atoms with van der Waals surface area (Å²) in [6, 6.07) is 8.43. The van der Waals surface area contributed by atoms with Crippen molar-refractivity contribution in [3.63, 3.8) is 0 Å². The Morgan fingerprint density at radius 1 is 1.20 bits per heavy atom. The minimum atomic E-state index is 0.575. The summed E-state index contributed by atoms with van der Waals surface area (Å²) in [6.45, 7) is 10.6. The maximum Gasteiger partial charge on any atom is 0.0381 e. The molecule has 1 heteroatoms. The molecule has 0 aliphatic heterocycles. The molecule has 0 radical (unpaired) electrons. The summed E-state index contributed by atoms with van der Waals surface area (Å²) in [5.74, 6) is 0.575. The standard InChI is InChI=1S/C14H21N/c1-5-13(6-2)12(4)15-14-9-7-11(3)8-10-14/h7-10,13,15H,4-6H2,1-3H3. The summed E-state index contributed by atoms with van der Waals surface area (Å²) in [5, 5.41) is 3.38. The van der Waals surface area contributed by atoms with Gasteiger partial charge in [-0.15, -0.1) is 0 Å². The van der Waals surface area contributed by atoms with E-state index in [1.807, 2.05) is 0 Å². The molecule has 0 fully saturated rings. The molecule has 0 aliphatic carbocycles. The van der Waals surface area contributed by atoms with Crippen LogP contribution < -0.4 is 5.32 Å². The van der Waals surface area contributed by atoms with Crippen LogP contribution in [-0.2, 0) is 0 Å². The fraction of sp³-hybridized carbons (Fsp3) is 0.429. The molecular formula is C14H21N. The lowest BCUT2D eigenvalue weighted by atomic mass is 10.00. The largest absolute Gasteiger partial charge is 0.359 e. The van der Waals surface area contributed by atoms with Crippen LogP contribution in [0, 0.1) is 12.8 Å². The van der Waals surface area contributed by atoms with E-state index in [2.05, 4.69) is 56.9 Å². The van der Waals surface area contributed by atoms with Crippen molar-refractivity contribution in [2.24, 2.45) is 5.92 Å². The molecule has 1 nitrogen and oxygen atoms in total. The average molecular weight is 203 g/mol. The molecule has 0 unspecified atom stereocenters. The van der Waals surface area contributed by atoms with Gasteiger partial charge >= 0.3 is 0 Å². The second-order valence-electron chi connectivity index (χ2n) is 4.03. The second kappa shape index (κ2) is 5.59. The van der Waals surface area contributed by atoms with Crippen molar-refractivity contribution in [2.75, 3.05) is 5.32 Å². The molecule has 15 heavy (non-hydrogen) atoms. The zero-order valence-electron chi connectivity index (χ0n) is 10.0. The van der Waals surface area contributed by atoms with Gasteiger partial charge in [-0.1, -0.05) is 38.1 Å². The molecule has 82 valence electrons. The van der Waals surface area contributed by atoms with Crippen LogP contribution in [0.15, 0.2) is 36.5 Å². The van der Waals surface area contributed by atoms with Crippen molar-refractivity contribution in [3.8, 4) is 0 Å². The molecule has 0 saturated heterocycles. The van der Waals surface area contributed by atoms with Crippen LogP contribution >= 0.6 is 0 Å². The highest BCUT2D eigenvalue weighted by molar-refractivity contribution is 5.48. The smallest absolute Gasteiger partial charge is 0.0381 e. The van der Waals surface area contributed by atoms with Gasteiger partial charge in [-0.05, 0) is 37.8 Å². The first kappa shape index (κ1) is 11.8. The number of allylic oxidation sites excluding steroid dienone is 1. The van der Waals surface area contributed by atoms with Gasteiger partial charge in [-0.25, -0.2) is 0 Å². The van der Waals surface area contributed by atoms with Gasteiger partial charge in [0, 0.05) is 11.4 Å². The minimum Gasteiger partial charge on any atom is -0.359 e. The third-order valence-corrected chi connectivity index (χ3v) is 2.83. The van der Waals surface area contributed by atoms with E-state index >= 15 is 0 Å². The van der Waals surface area contributed by atoms with Gasteiger partial charge in [0.1, 0.15) is 0 Å². The maximum absolute atomic E-state index is 4.10.